The largest absolute Gasteiger partial charge is 0.378 e. The second-order valence-electron chi connectivity index (χ2n) is 4.13. The maximum Gasteiger partial charge on any atom is 0.0994 e. The summed E-state index contributed by atoms with van der Waals surface area (Å²) in [5.41, 5.74) is 3.79. The minimum Gasteiger partial charge on any atom is -0.378 e. The number of aromatic amines is 1. The topological polar surface area (TPSA) is 25.0 Å². The number of benzene rings is 1. The second-order valence-corrected chi connectivity index (χ2v) is 5.65. The van der Waals surface area contributed by atoms with Crippen molar-refractivity contribution in [1.82, 2.24) is 4.98 Å². The first-order valence-electron chi connectivity index (χ1n) is 5.05. The Kier molecular flexibility index (Phi) is 1.94. The first kappa shape index (κ1) is 9.43. The summed E-state index contributed by atoms with van der Waals surface area (Å²) >= 11 is 3.78. The molecule has 1 aromatic heterocycles. The Labute approximate surface area is 96.8 Å². The van der Waals surface area contributed by atoms with Gasteiger partial charge in [0, 0.05) is 22.2 Å². The van der Waals surface area contributed by atoms with Crippen LogP contribution in [0.4, 0.5) is 0 Å². The highest BCUT2D eigenvalue weighted by atomic mass is 79.9. The van der Waals surface area contributed by atoms with E-state index in [0.717, 1.165) is 13.2 Å². The van der Waals surface area contributed by atoms with Gasteiger partial charge in [0.2, 0.25) is 0 Å². The van der Waals surface area contributed by atoms with E-state index in [1.165, 1.54) is 22.2 Å². The van der Waals surface area contributed by atoms with E-state index in [1.807, 2.05) is 0 Å². The lowest BCUT2D eigenvalue weighted by Crippen LogP contribution is -2.41. The van der Waals surface area contributed by atoms with E-state index in [-0.39, 0.29) is 4.32 Å². The van der Waals surface area contributed by atoms with Crippen molar-refractivity contribution >= 4 is 26.8 Å². The predicted octanol–water partition coefficient (Wildman–Crippen LogP) is 3.10. The van der Waals surface area contributed by atoms with Crippen molar-refractivity contribution < 1.29 is 4.74 Å². The van der Waals surface area contributed by atoms with E-state index < -0.39 is 0 Å². The quantitative estimate of drug-likeness (QED) is 0.788. The molecular weight excluding hydrogens is 254 g/mol. The normalized spacial score (nSPS) is 19.1. The third-order valence-electron chi connectivity index (χ3n) is 3.00. The first-order chi connectivity index (χ1) is 7.21. The SMILES string of the molecule is Cc1[nH]c2ccccc2c1C1(Br)COC1. The number of nitrogens with one attached hydrogen (secondary N) is 1. The van der Waals surface area contributed by atoms with Gasteiger partial charge in [-0.1, -0.05) is 34.1 Å². The van der Waals surface area contributed by atoms with Crippen LogP contribution in [0.25, 0.3) is 10.9 Å². The van der Waals surface area contributed by atoms with Crippen molar-refractivity contribution in [2.45, 2.75) is 11.2 Å². The standard InChI is InChI=1S/C12H12BrNO/c1-8-11(12(13)6-15-7-12)9-4-2-3-5-10(9)14-8/h2-5,14H,6-7H2,1H3. The van der Waals surface area contributed by atoms with Crippen LogP contribution in [-0.2, 0) is 9.06 Å². The molecule has 15 heavy (non-hydrogen) atoms. The Balaban J connectivity index is 2.29. The fourth-order valence-corrected chi connectivity index (χ4v) is 3.11. The number of aryl methyl sites for hydroxylation is 1. The molecular formula is C12H12BrNO. The zero-order valence-corrected chi connectivity index (χ0v) is 10.1. The van der Waals surface area contributed by atoms with Crippen LogP contribution in [0.15, 0.2) is 24.3 Å². The summed E-state index contributed by atoms with van der Waals surface area (Å²) < 4.78 is 5.33. The van der Waals surface area contributed by atoms with Gasteiger partial charge < -0.3 is 9.72 Å². The number of hydrogen-bond acceptors (Lipinski definition) is 1. The van der Waals surface area contributed by atoms with E-state index in [4.69, 9.17) is 4.74 Å². The third-order valence-corrected chi connectivity index (χ3v) is 3.86. The molecule has 1 aliphatic heterocycles. The van der Waals surface area contributed by atoms with Gasteiger partial charge in [0.1, 0.15) is 0 Å². The number of H-pyrrole nitrogens is 1. The Hall–Kier alpha value is -0.800. The smallest absolute Gasteiger partial charge is 0.0994 e. The van der Waals surface area contributed by atoms with Gasteiger partial charge >= 0.3 is 0 Å². The zero-order valence-electron chi connectivity index (χ0n) is 8.51. The highest BCUT2D eigenvalue weighted by Gasteiger charge is 2.40. The number of para-hydroxylation sites is 1. The highest BCUT2D eigenvalue weighted by Crippen LogP contribution is 2.43. The zero-order chi connectivity index (χ0) is 10.5. The van der Waals surface area contributed by atoms with Crippen LogP contribution < -0.4 is 0 Å². The van der Waals surface area contributed by atoms with E-state index in [1.54, 1.807) is 0 Å². The number of ether oxygens (including phenoxy) is 1. The van der Waals surface area contributed by atoms with Crippen molar-refractivity contribution in [3.8, 4) is 0 Å². The molecule has 0 unspecified atom stereocenters. The van der Waals surface area contributed by atoms with Gasteiger partial charge in [-0.2, -0.15) is 0 Å². The lowest BCUT2D eigenvalue weighted by atomic mass is 9.94. The molecule has 1 aliphatic rings. The molecule has 0 spiro atoms. The fourth-order valence-electron chi connectivity index (χ4n) is 2.28. The van der Waals surface area contributed by atoms with Crippen molar-refractivity contribution in [3.63, 3.8) is 0 Å². The van der Waals surface area contributed by atoms with Crippen LogP contribution in [0.1, 0.15) is 11.3 Å². The lowest BCUT2D eigenvalue weighted by Gasteiger charge is -2.36. The summed E-state index contributed by atoms with van der Waals surface area (Å²) in [7, 11) is 0. The molecule has 3 rings (SSSR count). The third kappa shape index (κ3) is 1.26. The molecule has 0 amide bonds. The van der Waals surface area contributed by atoms with Gasteiger partial charge in [-0.05, 0) is 13.0 Å². The molecule has 1 saturated heterocycles. The maximum atomic E-state index is 5.30. The number of fused-ring (bicyclic) bond motifs is 1. The molecule has 2 aromatic rings. The molecule has 1 N–H and O–H groups in total. The summed E-state index contributed by atoms with van der Waals surface area (Å²) in [5, 5.41) is 1.30. The Morgan fingerprint density at radius 1 is 1.33 bits per heavy atom. The molecule has 2 nitrogen and oxygen atoms in total. The summed E-state index contributed by atoms with van der Waals surface area (Å²) in [4.78, 5) is 3.42. The molecule has 0 atom stereocenters. The average Bonchev–Trinajstić information content (AvgIpc) is 2.51. The van der Waals surface area contributed by atoms with Crippen molar-refractivity contribution in [3.05, 3.63) is 35.5 Å². The molecule has 3 heteroatoms. The Morgan fingerprint density at radius 2 is 2.07 bits per heavy atom. The molecule has 0 aliphatic carbocycles. The molecule has 0 saturated carbocycles. The average molecular weight is 266 g/mol. The monoisotopic (exact) mass is 265 g/mol. The summed E-state index contributed by atoms with van der Waals surface area (Å²) in [6, 6.07) is 8.41. The minimum absolute atomic E-state index is 0.0245. The van der Waals surface area contributed by atoms with E-state index >= 15 is 0 Å². The van der Waals surface area contributed by atoms with Crippen LogP contribution in [0.3, 0.4) is 0 Å². The van der Waals surface area contributed by atoms with Gasteiger partial charge in [-0.25, -0.2) is 0 Å². The number of rotatable bonds is 1. The number of alkyl halides is 1. The van der Waals surface area contributed by atoms with E-state index in [0.29, 0.717) is 0 Å². The Bertz CT molecular complexity index is 513. The minimum atomic E-state index is 0.0245. The first-order valence-corrected chi connectivity index (χ1v) is 5.84. The van der Waals surface area contributed by atoms with Gasteiger partial charge in [-0.15, -0.1) is 0 Å². The number of hydrogen-bond donors (Lipinski definition) is 1. The number of aromatic nitrogens is 1. The maximum absolute atomic E-state index is 5.30. The van der Waals surface area contributed by atoms with Crippen LogP contribution in [-0.4, -0.2) is 18.2 Å². The highest BCUT2D eigenvalue weighted by molar-refractivity contribution is 9.09. The molecule has 1 aromatic carbocycles. The molecule has 78 valence electrons. The van der Waals surface area contributed by atoms with E-state index in [2.05, 4.69) is 52.1 Å². The summed E-state index contributed by atoms with van der Waals surface area (Å²) in [6.45, 7) is 3.64. The fraction of sp³-hybridized carbons (Fsp3) is 0.333. The molecule has 2 heterocycles. The van der Waals surface area contributed by atoms with Crippen LogP contribution >= 0.6 is 15.9 Å². The lowest BCUT2D eigenvalue weighted by molar-refractivity contribution is -0.00662. The van der Waals surface area contributed by atoms with Crippen LogP contribution in [0.2, 0.25) is 0 Å². The van der Waals surface area contributed by atoms with Crippen molar-refractivity contribution in [2.75, 3.05) is 13.2 Å². The van der Waals surface area contributed by atoms with Gasteiger partial charge in [-0.3, -0.25) is 0 Å². The number of halogens is 1. The van der Waals surface area contributed by atoms with Gasteiger partial charge in [0.25, 0.3) is 0 Å². The van der Waals surface area contributed by atoms with Gasteiger partial charge in [0.05, 0.1) is 17.5 Å². The van der Waals surface area contributed by atoms with Crippen molar-refractivity contribution in [2.24, 2.45) is 0 Å². The molecule has 0 radical (unpaired) electrons. The van der Waals surface area contributed by atoms with E-state index in [9.17, 15) is 0 Å². The molecule has 1 fully saturated rings. The van der Waals surface area contributed by atoms with Crippen LogP contribution in [0.5, 0.6) is 0 Å². The van der Waals surface area contributed by atoms with Crippen LogP contribution in [0, 0.1) is 6.92 Å². The Morgan fingerprint density at radius 3 is 2.73 bits per heavy atom. The van der Waals surface area contributed by atoms with Gasteiger partial charge in [0.15, 0.2) is 0 Å². The molecule has 0 bridgehead atoms. The second kappa shape index (κ2) is 3.09. The van der Waals surface area contributed by atoms with Crippen molar-refractivity contribution in [1.29, 1.82) is 0 Å². The predicted molar refractivity (Wildman–Crippen MR) is 64.5 cm³/mol. The summed E-state index contributed by atoms with van der Waals surface area (Å²) in [5.74, 6) is 0. The summed E-state index contributed by atoms with van der Waals surface area (Å²) in [6.07, 6.45) is 0.